The Kier molecular flexibility index (Phi) is 12.5. The second kappa shape index (κ2) is 18.1. The molecule has 0 fully saturated rings. The molecule has 2 aromatic heterocycles. The van der Waals surface area contributed by atoms with Crippen LogP contribution < -0.4 is 14.5 Å². The van der Waals surface area contributed by atoms with Crippen molar-refractivity contribution in [2.75, 3.05) is 9.80 Å². The van der Waals surface area contributed by atoms with E-state index in [1.807, 2.05) is 18.3 Å². The zero-order valence-electron chi connectivity index (χ0n) is 42.3. The predicted octanol–water partition coefficient (Wildman–Crippen LogP) is 17.0. The van der Waals surface area contributed by atoms with Gasteiger partial charge < -0.3 is 19.1 Å². The number of benzene rings is 7. The minimum absolute atomic E-state index is 0. The third kappa shape index (κ3) is 8.14. The molecule has 0 radical (unpaired) electrons. The SMILES string of the molecule is CC(C)(C)c1ccnc(-n2c3[c-]c(Oc4[c-]c(N5[CH-]N(c6c(C(C)(c7ccccc7)C(C)(C)C)cccc6C(C)(c6ccccc6)C(C)(C)C)c6ccccc65)ccc4)ccc3c3ccccc32)c1.[Pt]. The summed E-state index contributed by atoms with van der Waals surface area (Å²) in [6, 6.07) is 68.3. The Labute approximate surface area is 430 Å². The topological polar surface area (TPSA) is 33.5 Å². The average molecular weight is 1100 g/mol. The summed E-state index contributed by atoms with van der Waals surface area (Å²) in [5.74, 6) is 2.05. The summed E-state index contributed by atoms with van der Waals surface area (Å²) in [5, 5.41) is 2.23. The minimum atomic E-state index is -0.403. The molecule has 5 nitrogen and oxygen atoms in total. The van der Waals surface area contributed by atoms with Crippen molar-refractivity contribution in [3.63, 3.8) is 0 Å². The molecule has 3 heterocycles. The third-order valence-electron chi connectivity index (χ3n) is 15.3. The van der Waals surface area contributed by atoms with Crippen LogP contribution in [-0.2, 0) is 37.3 Å². The molecule has 9 aromatic rings. The number of fused-ring (bicyclic) bond motifs is 4. The first-order valence-corrected chi connectivity index (χ1v) is 24.3. The van der Waals surface area contributed by atoms with Crippen LogP contribution in [0.5, 0.6) is 11.5 Å². The summed E-state index contributed by atoms with van der Waals surface area (Å²) in [6.07, 6.45) is 1.91. The molecule has 0 N–H and O–H groups in total. The van der Waals surface area contributed by atoms with Crippen LogP contribution in [0, 0.1) is 29.6 Å². The number of pyridine rings is 1. The maximum absolute atomic E-state index is 6.75. The Morgan fingerprint density at radius 2 is 1.03 bits per heavy atom. The molecule has 7 aromatic carbocycles. The molecule has 2 atom stereocenters. The van der Waals surface area contributed by atoms with E-state index in [0.29, 0.717) is 11.5 Å². The first kappa shape index (κ1) is 48.6. The Bertz CT molecular complexity index is 3260. The molecule has 358 valence electrons. The van der Waals surface area contributed by atoms with Gasteiger partial charge in [0.25, 0.3) is 0 Å². The molecule has 10 rings (SSSR count). The second-order valence-corrected chi connectivity index (χ2v) is 22.1. The quantitative estimate of drug-likeness (QED) is 0.135. The second-order valence-electron chi connectivity index (χ2n) is 22.1. The van der Waals surface area contributed by atoms with Crippen LogP contribution in [0.2, 0.25) is 0 Å². The first-order valence-electron chi connectivity index (χ1n) is 24.3. The van der Waals surface area contributed by atoms with Crippen LogP contribution in [0.4, 0.5) is 22.7 Å². The number of anilines is 4. The molecule has 2 unspecified atom stereocenters. The van der Waals surface area contributed by atoms with E-state index >= 15 is 0 Å². The molecule has 0 saturated carbocycles. The fourth-order valence-electron chi connectivity index (χ4n) is 10.6. The van der Waals surface area contributed by atoms with Crippen LogP contribution in [0.3, 0.4) is 0 Å². The number of hydrogen-bond acceptors (Lipinski definition) is 4. The minimum Gasteiger partial charge on any atom is -0.509 e. The standard InChI is InChI=1S/C64H63N4O.Pt/c1-60(2,3)46-38-39-65-58(40-46)68-54-33-19-18-30-50(54)51-37-36-49(42-57(51)68)69-48-29-22-28-47(41-48)66-43-67(56-35-21-20-34-55(56)66)59-52(63(10,61(4,5)6)44-24-14-12-15-25-44)31-23-32-53(59)64(11,62(7,8)9)45-26-16-13-17-27-45;/h12-40,43H,1-11H3;/q-3;. The molecule has 0 aliphatic carbocycles. The van der Waals surface area contributed by atoms with E-state index in [1.54, 1.807) is 0 Å². The number of hydrogen-bond donors (Lipinski definition) is 0. The fraction of sp³-hybridized carbons (Fsp3) is 0.250. The largest absolute Gasteiger partial charge is 0.509 e. The van der Waals surface area contributed by atoms with E-state index in [1.165, 1.54) is 33.5 Å². The Morgan fingerprint density at radius 3 is 1.63 bits per heavy atom. The van der Waals surface area contributed by atoms with Gasteiger partial charge in [-0.15, -0.1) is 48.1 Å². The monoisotopic (exact) mass is 1100 g/mol. The van der Waals surface area contributed by atoms with Crippen molar-refractivity contribution in [3.8, 4) is 17.3 Å². The Morgan fingerprint density at radius 1 is 0.486 bits per heavy atom. The number of rotatable bonds is 9. The third-order valence-corrected chi connectivity index (χ3v) is 15.3. The normalized spacial score (nSPS) is 14.8. The van der Waals surface area contributed by atoms with Gasteiger partial charge in [0.2, 0.25) is 0 Å². The smallest absolute Gasteiger partial charge is 0.135 e. The maximum atomic E-state index is 6.75. The van der Waals surface area contributed by atoms with Crippen molar-refractivity contribution < 1.29 is 25.8 Å². The van der Waals surface area contributed by atoms with Crippen molar-refractivity contribution in [2.24, 2.45) is 10.8 Å². The van der Waals surface area contributed by atoms with E-state index in [2.05, 4.69) is 267 Å². The van der Waals surface area contributed by atoms with Gasteiger partial charge in [0.1, 0.15) is 5.82 Å². The summed E-state index contributed by atoms with van der Waals surface area (Å²) in [7, 11) is 0. The first-order chi connectivity index (χ1) is 32.9. The van der Waals surface area contributed by atoms with Crippen molar-refractivity contribution in [3.05, 3.63) is 223 Å². The van der Waals surface area contributed by atoms with Gasteiger partial charge in [0.05, 0.1) is 0 Å². The molecule has 0 saturated heterocycles. The molecule has 1 aliphatic heterocycles. The van der Waals surface area contributed by atoms with Crippen LogP contribution >= 0.6 is 0 Å². The van der Waals surface area contributed by atoms with E-state index in [9.17, 15) is 0 Å². The number of aromatic nitrogens is 2. The molecule has 1 aliphatic rings. The summed E-state index contributed by atoms with van der Waals surface area (Å²) >= 11 is 0. The van der Waals surface area contributed by atoms with Crippen molar-refractivity contribution >= 4 is 44.6 Å². The van der Waals surface area contributed by atoms with Gasteiger partial charge in [-0.3, -0.25) is 0 Å². The molecule has 6 heteroatoms. The van der Waals surface area contributed by atoms with Crippen LogP contribution in [0.1, 0.15) is 104 Å². The summed E-state index contributed by atoms with van der Waals surface area (Å²) in [5.41, 5.74) is 11.3. The van der Waals surface area contributed by atoms with Crippen LogP contribution in [0.25, 0.3) is 27.6 Å². The van der Waals surface area contributed by atoms with E-state index in [0.717, 1.165) is 44.7 Å². The number of para-hydroxylation sites is 4. The molecule has 0 amide bonds. The Hall–Kier alpha value is -6.42. The zero-order valence-corrected chi connectivity index (χ0v) is 44.6. The van der Waals surface area contributed by atoms with E-state index in [-0.39, 0.29) is 37.3 Å². The van der Waals surface area contributed by atoms with E-state index in [4.69, 9.17) is 9.72 Å². The molecular weight excluding hydrogens is 1040 g/mol. The molecule has 70 heavy (non-hydrogen) atoms. The van der Waals surface area contributed by atoms with Gasteiger partial charge in [-0.05, 0) is 79.8 Å². The Balaban J connectivity index is 0.00000608. The zero-order chi connectivity index (χ0) is 48.5. The van der Waals surface area contributed by atoms with Gasteiger partial charge in [-0.2, -0.15) is 12.1 Å². The maximum Gasteiger partial charge on any atom is 0.135 e. The van der Waals surface area contributed by atoms with Gasteiger partial charge in [-0.25, -0.2) is 4.98 Å². The van der Waals surface area contributed by atoms with Gasteiger partial charge in [0.15, 0.2) is 0 Å². The average Bonchev–Trinajstić information content (AvgIpc) is 3.89. The van der Waals surface area contributed by atoms with Crippen molar-refractivity contribution in [1.82, 2.24) is 9.55 Å². The fourth-order valence-corrected chi connectivity index (χ4v) is 10.6. The molecular formula is C64H63N4OPt-3. The van der Waals surface area contributed by atoms with Crippen LogP contribution in [0.15, 0.2) is 176 Å². The van der Waals surface area contributed by atoms with Gasteiger partial charge >= 0.3 is 0 Å². The number of ether oxygens (including phenoxy) is 1. The summed E-state index contributed by atoms with van der Waals surface area (Å²) in [6.45, 7) is 28.1. The van der Waals surface area contributed by atoms with Crippen molar-refractivity contribution in [1.29, 1.82) is 0 Å². The van der Waals surface area contributed by atoms with E-state index < -0.39 is 10.8 Å². The van der Waals surface area contributed by atoms with Crippen LogP contribution in [-0.4, -0.2) is 9.55 Å². The number of nitrogens with zero attached hydrogens (tertiary/aromatic N) is 4. The predicted molar refractivity (Wildman–Crippen MR) is 288 cm³/mol. The van der Waals surface area contributed by atoms with Gasteiger partial charge in [0, 0.05) is 72.2 Å². The molecule has 0 bridgehead atoms. The van der Waals surface area contributed by atoms with Crippen molar-refractivity contribution in [2.45, 2.75) is 92.4 Å². The molecule has 0 spiro atoms. The van der Waals surface area contributed by atoms with Gasteiger partial charge in [-0.1, -0.05) is 191 Å². The summed E-state index contributed by atoms with van der Waals surface area (Å²) < 4.78 is 8.96. The summed E-state index contributed by atoms with van der Waals surface area (Å²) in [4.78, 5) is 9.59.